The van der Waals surface area contributed by atoms with Crippen LogP contribution in [0.1, 0.15) is 52.4 Å². The minimum atomic E-state index is -0.0575. The van der Waals surface area contributed by atoms with E-state index < -0.39 is 0 Å². The summed E-state index contributed by atoms with van der Waals surface area (Å²) in [6, 6.07) is 0.958. The van der Waals surface area contributed by atoms with Gasteiger partial charge < -0.3 is 5.32 Å². The van der Waals surface area contributed by atoms with E-state index in [-0.39, 0.29) is 10.8 Å². The highest BCUT2D eigenvalue weighted by Gasteiger charge is 2.67. The Bertz CT molecular complexity index is 623. The molecule has 4 aliphatic carbocycles. The number of hydrogen-bond donors (Lipinski definition) is 1. The fraction of sp³-hybridized carbons (Fsp3) is 0.789. The average molecular weight is 299 g/mol. The zero-order chi connectivity index (χ0) is 15.3. The zero-order valence-corrected chi connectivity index (χ0v) is 13.5. The van der Waals surface area contributed by atoms with Gasteiger partial charge >= 0.3 is 0 Å². The highest BCUT2D eigenvalue weighted by Crippen LogP contribution is 2.66. The molecular formula is C19H25NO2. The molecule has 7 atom stereocenters. The van der Waals surface area contributed by atoms with Crippen LogP contribution in [0, 0.1) is 28.6 Å². The van der Waals surface area contributed by atoms with Crippen LogP contribution in [0.15, 0.2) is 11.6 Å². The predicted octanol–water partition coefficient (Wildman–Crippen LogP) is 2.65. The Hall–Kier alpha value is -0.960. The number of Topliss-reactive ketones (excluding diaryl/α,β-unsaturated/α-hetero) is 1. The minimum Gasteiger partial charge on any atom is -0.304 e. The van der Waals surface area contributed by atoms with Crippen LogP contribution >= 0.6 is 0 Å². The lowest BCUT2D eigenvalue weighted by molar-refractivity contribution is -0.132. The summed E-state index contributed by atoms with van der Waals surface area (Å²) >= 11 is 0. The maximum absolute atomic E-state index is 12.5. The molecule has 0 amide bonds. The van der Waals surface area contributed by atoms with E-state index in [4.69, 9.17) is 0 Å². The number of carbonyl (C=O) groups excluding carboxylic acids is 2. The van der Waals surface area contributed by atoms with Crippen molar-refractivity contribution in [3.63, 3.8) is 0 Å². The van der Waals surface area contributed by atoms with Gasteiger partial charge in [0.25, 0.3) is 0 Å². The number of hydrogen-bond acceptors (Lipinski definition) is 3. The van der Waals surface area contributed by atoms with Gasteiger partial charge in [0.15, 0.2) is 5.78 Å². The van der Waals surface area contributed by atoms with Crippen LogP contribution in [0.4, 0.5) is 0 Å². The maximum Gasteiger partial charge on any atom is 0.155 e. The number of rotatable bonds is 0. The minimum absolute atomic E-state index is 0.0575. The molecule has 0 aromatic heterocycles. The molecule has 22 heavy (non-hydrogen) atoms. The van der Waals surface area contributed by atoms with Crippen LogP contribution in [0.5, 0.6) is 0 Å². The first kappa shape index (κ1) is 13.5. The molecule has 1 saturated heterocycles. The Morgan fingerprint density at radius 3 is 2.64 bits per heavy atom. The van der Waals surface area contributed by atoms with Crippen molar-refractivity contribution in [2.24, 2.45) is 28.6 Å². The van der Waals surface area contributed by atoms with Crippen LogP contribution < -0.4 is 5.32 Å². The van der Waals surface area contributed by atoms with E-state index in [9.17, 15) is 9.59 Å². The Kier molecular flexibility index (Phi) is 2.40. The summed E-state index contributed by atoms with van der Waals surface area (Å²) in [6.07, 6.45) is 7.80. The molecule has 1 aliphatic heterocycles. The van der Waals surface area contributed by atoms with Gasteiger partial charge in [-0.3, -0.25) is 9.59 Å². The van der Waals surface area contributed by atoms with Gasteiger partial charge in [-0.2, -0.15) is 0 Å². The van der Waals surface area contributed by atoms with E-state index in [1.165, 1.54) is 5.57 Å². The van der Waals surface area contributed by atoms with Crippen LogP contribution in [-0.4, -0.2) is 23.7 Å². The van der Waals surface area contributed by atoms with Crippen molar-refractivity contribution in [2.75, 3.05) is 0 Å². The third-order valence-electron chi connectivity index (χ3n) is 8.10. The smallest absolute Gasteiger partial charge is 0.155 e. The first-order chi connectivity index (χ1) is 10.4. The monoisotopic (exact) mass is 299 g/mol. The molecular weight excluding hydrogens is 274 g/mol. The molecule has 3 heteroatoms. The first-order valence-corrected chi connectivity index (χ1v) is 8.99. The molecule has 0 radical (unpaired) electrons. The third kappa shape index (κ3) is 1.42. The van der Waals surface area contributed by atoms with E-state index in [0.717, 1.165) is 32.1 Å². The van der Waals surface area contributed by atoms with E-state index in [0.29, 0.717) is 47.8 Å². The van der Waals surface area contributed by atoms with Gasteiger partial charge in [-0.25, -0.2) is 0 Å². The van der Waals surface area contributed by atoms with E-state index >= 15 is 0 Å². The summed E-state index contributed by atoms with van der Waals surface area (Å²) in [6.45, 7) is 4.64. The van der Waals surface area contributed by atoms with Crippen LogP contribution in [0.2, 0.25) is 0 Å². The first-order valence-electron chi connectivity index (χ1n) is 8.99. The molecule has 4 fully saturated rings. The summed E-state index contributed by atoms with van der Waals surface area (Å²) in [5, 5.41) is 3.69. The number of ketones is 2. The second kappa shape index (κ2) is 3.92. The Labute approximate surface area is 131 Å². The Morgan fingerprint density at radius 1 is 1.05 bits per heavy atom. The maximum atomic E-state index is 12.5. The Balaban J connectivity index is 1.59. The van der Waals surface area contributed by atoms with E-state index in [2.05, 4.69) is 19.2 Å². The van der Waals surface area contributed by atoms with Crippen molar-refractivity contribution in [2.45, 2.75) is 64.5 Å². The van der Waals surface area contributed by atoms with Gasteiger partial charge in [-0.1, -0.05) is 13.8 Å². The van der Waals surface area contributed by atoms with Crippen molar-refractivity contribution in [3.8, 4) is 0 Å². The molecule has 3 saturated carbocycles. The van der Waals surface area contributed by atoms with E-state index in [1.807, 2.05) is 6.08 Å². The number of carbonyl (C=O) groups is 2. The zero-order valence-electron chi connectivity index (χ0n) is 13.5. The number of fused-ring (bicyclic) bond motifs is 8. The van der Waals surface area contributed by atoms with Gasteiger partial charge in [0.1, 0.15) is 5.78 Å². The molecule has 0 spiro atoms. The lowest BCUT2D eigenvalue weighted by Crippen LogP contribution is -2.53. The molecule has 5 aliphatic rings. The van der Waals surface area contributed by atoms with Crippen LogP contribution in [-0.2, 0) is 9.59 Å². The Morgan fingerprint density at radius 2 is 1.82 bits per heavy atom. The van der Waals surface area contributed by atoms with Gasteiger partial charge in [-0.05, 0) is 60.5 Å². The summed E-state index contributed by atoms with van der Waals surface area (Å²) in [5.74, 6) is 2.70. The van der Waals surface area contributed by atoms with Gasteiger partial charge in [0.2, 0.25) is 0 Å². The second-order valence-electron chi connectivity index (χ2n) is 8.86. The molecule has 0 unspecified atom stereocenters. The standard InChI is InChI=1S/C19H25NO2/c1-18-7-5-10(21)9-13(18)16-17(20-16)15-11-3-4-14(22)19(11,2)8-6-12(15)18/h9,11-12,15-17,20H,3-8H2,1-2H3/t11-,12-,15-,16+,17-,18+,19-/m0/s1. The molecule has 5 rings (SSSR count). The topological polar surface area (TPSA) is 56.1 Å². The predicted molar refractivity (Wildman–Crippen MR) is 83.2 cm³/mol. The van der Waals surface area contributed by atoms with Crippen LogP contribution in [0.25, 0.3) is 0 Å². The SMILES string of the molecule is C[C@]12CCC(=O)C=C1[C@H]1N[C@H]1[C@@H]1[C@@H]2CC[C@]2(C)C(=O)CC[C@@H]12. The summed E-state index contributed by atoms with van der Waals surface area (Å²) in [7, 11) is 0. The summed E-state index contributed by atoms with van der Waals surface area (Å²) in [5.41, 5.74) is 1.52. The van der Waals surface area contributed by atoms with Crippen molar-refractivity contribution in [1.82, 2.24) is 5.32 Å². The normalized spacial score (nSPS) is 55.7. The fourth-order valence-electron chi connectivity index (χ4n) is 6.76. The van der Waals surface area contributed by atoms with Crippen molar-refractivity contribution < 1.29 is 9.59 Å². The highest BCUT2D eigenvalue weighted by atomic mass is 16.1. The van der Waals surface area contributed by atoms with Crippen molar-refractivity contribution in [1.29, 1.82) is 0 Å². The molecule has 0 aromatic rings. The second-order valence-corrected chi connectivity index (χ2v) is 8.86. The van der Waals surface area contributed by atoms with Crippen molar-refractivity contribution in [3.05, 3.63) is 11.6 Å². The van der Waals surface area contributed by atoms with Gasteiger partial charge in [-0.15, -0.1) is 0 Å². The van der Waals surface area contributed by atoms with Crippen LogP contribution in [0.3, 0.4) is 0 Å². The van der Waals surface area contributed by atoms with Crippen molar-refractivity contribution >= 4 is 11.6 Å². The molecule has 0 aromatic carbocycles. The largest absolute Gasteiger partial charge is 0.304 e. The molecule has 3 nitrogen and oxygen atoms in total. The van der Waals surface area contributed by atoms with Gasteiger partial charge in [0.05, 0.1) is 0 Å². The molecule has 1 heterocycles. The highest BCUT2D eigenvalue weighted by molar-refractivity contribution is 5.92. The molecule has 1 N–H and O–H groups in total. The van der Waals surface area contributed by atoms with E-state index in [1.54, 1.807) is 0 Å². The molecule has 0 bridgehead atoms. The fourth-order valence-corrected chi connectivity index (χ4v) is 6.76. The molecule has 118 valence electrons. The quantitative estimate of drug-likeness (QED) is 0.700. The lowest BCUT2D eigenvalue weighted by atomic mass is 9.47. The summed E-state index contributed by atoms with van der Waals surface area (Å²) < 4.78 is 0. The average Bonchev–Trinajstić information content (AvgIpc) is 3.22. The third-order valence-corrected chi connectivity index (χ3v) is 8.10. The number of nitrogens with one attached hydrogen (secondary N) is 1. The summed E-state index contributed by atoms with van der Waals surface area (Å²) in [4.78, 5) is 24.4. The van der Waals surface area contributed by atoms with Gasteiger partial charge in [0, 0.05) is 30.3 Å². The lowest BCUT2D eigenvalue weighted by Gasteiger charge is -2.55.